The van der Waals surface area contributed by atoms with Crippen LogP contribution in [0.15, 0.2) is 133 Å². The first kappa shape index (κ1) is 29.2. The molecule has 6 N–H and O–H groups in total. The molecule has 0 unspecified atom stereocenters. The molecule has 0 radical (unpaired) electrons. The Morgan fingerprint density at radius 2 is 0.894 bits per heavy atom. The number of carboxylic acids is 2. The quantitative estimate of drug-likeness (QED) is 0.124. The van der Waals surface area contributed by atoms with Crippen LogP contribution in [0.25, 0.3) is 11.1 Å². The molecule has 0 saturated carbocycles. The molecule has 1 aliphatic carbocycles. The van der Waals surface area contributed by atoms with Crippen molar-refractivity contribution in [2.75, 3.05) is 11.5 Å². The van der Waals surface area contributed by atoms with E-state index in [2.05, 4.69) is 24.3 Å². The number of anilines is 2. The Balaban J connectivity index is 1.33. The third kappa shape index (κ3) is 4.98. The second-order valence-corrected chi connectivity index (χ2v) is 11.2. The molecule has 0 aliphatic heterocycles. The number of ether oxygens (including phenoxy) is 2. The van der Waals surface area contributed by atoms with Gasteiger partial charge in [-0.05, 0) is 94.0 Å². The lowest BCUT2D eigenvalue weighted by Crippen LogP contribution is -2.28. The molecule has 0 saturated heterocycles. The van der Waals surface area contributed by atoms with Gasteiger partial charge >= 0.3 is 11.9 Å². The van der Waals surface area contributed by atoms with Crippen molar-refractivity contribution in [2.45, 2.75) is 5.41 Å². The number of nitrogens with two attached hydrogens (primary N) is 2. The second-order valence-electron chi connectivity index (χ2n) is 11.2. The summed E-state index contributed by atoms with van der Waals surface area (Å²) in [4.78, 5) is 23.7. The van der Waals surface area contributed by atoms with E-state index in [4.69, 9.17) is 20.9 Å². The third-order valence-corrected chi connectivity index (χ3v) is 8.45. The number of nitrogen functional groups attached to an aromatic ring is 2. The van der Waals surface area contributed by atoms with Gasteiger partial charge in [-0.3, -0.25) is 0 Å². The van der Waals surface area contributed by atoms with E-state index in [1.165, 1.54) is 12.1 Å². The van der Waals surface area contributed by atoms with Crippen LogP contribution < -0.4 is 20.9 Å². The number of rotatable bonds is 8. The van der Waals surface area contributed by atoms with Crippen molar-refractivity contribution < 1.29 is 29.3 Å². The molecule has 0 amide bonds. The highest BCUT2D eigenvalue weighted by atomic mass is 16.5. The summed E-state index contributed by atoms with van der Waals surface area (Å²) >= 11 is 0. The van der Waals surface area contributed by atoms with Gasteiger partial charge in [0.1, 0.15) is 34.1 Å². The Morgan fingerprint density at radius 1 is 0.511 bits per heavy atom. The molecule has 7 rings (SSSR count). The molecule has 6 aromatic rings. The topological polar surface area (TPSA) is 145 Å². The molecule has 8 heteroatoms. The molecule has 6 aromatic carbocycles. The fraction of sp³-hybridized carbons (Fsp3) is 0.0256. The Labute approximate surface area is 270 Å². The Hall–Kier alpha value is -6.54. The zero-order chi connectivity index (χ0) is 32.7. The SMILES string of the molecule is Nc1ccc(Oc2ccc(C3(c4ccc(Oc5ccc(N)cc5C(=O)O)cc4)c4ccccc4-c4ccccc43)cc2)c(C(=O)O)c1. The molecular weight excluding hydrogens is 592 g/mol. The van der Waals surface area contributed by atoms with Gasteiger partial charge in [0.25, 0.3) is 0 Å². The van der Waals surface area contributed by atoms with Gasteiger partial charge < -0.3 is 31.2 Å². The van der Waals surface area contributed by atoms with Crippen molar-refractivity contribution in [1.29, 1.82) is 0 Å². The van der Waals surface area contributed by atoms with Crippen LogP contribution in [-0.4, -0.2) is 22.2 Å². The highest BCUT2D eigenvalue weighted by Gasteiger charge is 2.45. The van der Waals surface area contributed by atoms with E-state index < -0.39 is 17.4 Å². The number of fused-ring (bicyclic) bond motifs is 3. The summed E-state index contributed by atoms with van der Waals surface area (Å²) in [6.07, 6.45) is 0. The maximum absolute atomic E-state index is 11.8. The van der Waals surface area contributed by atoms with Crippen molar-refractivity contribution in [3.63, 3.8) is 0 Å². The van der Waals surface area contributed by atoms with E-state index in [1.807, 2.05) is 72.8 Å². The van der Waals surface area contributed by atoms with E-state index in [0.29, 0.717) is 22.9 Å². The number of hydrogen-bond donors (Lipinski definition) is 4. The highest BCUT2D eigenvalue weighted by Crippen LogP contribution is 2.56. The monoisotopic (exact) mass is 620 g/mol. The summed E-state index contributed by atoms with van der Waals surface area (Å²) in [7, 11) is 0. The summed E-state index contributed by atoms with van der Waals surface area (Å²) in [5.74, 6) is -0.952. The van der Waals surface area contributed by atoms with Gasteiger partial charge in [0.05, 0.1) is 5.41 Å². The van der Waals surface area contributed by atoms with Gasteiger partial charge in [-0.25, -0.2) is 9.59 Å². The standard InChI is InChI=1S/C39H28N2O6/c40-25-13-19-35(31(21-25)37(42)43)46-27-15-9-23(10-16-27)39(33-7-3-1-5-29(33)30-6-2-4-8-34(30)39)24-11-17-28(18-12-24)47-36-20-14-26(41)22-32(36)38(44)45/h1-22H,40-41H2,(H,42,43)(H,44,45). The highest BCUT2D eigenvalue weighted by molar-refractivity contribution is 5.93. The molecular formula is C39H28N2O6. The minimum absolute atomic E-state index is 0.0269. The minimum atomic E-state index is -1.13. The lowest BCUT2D eigenvalue weighted by Gasteiger charge is -2.34. The van der Waals surface area contributed by atoms with Crippen LogP contribution in [0.5, 0.6) is 23.0 Å². The van der Waals surface area contributed by atoms with Gasteiger partial charge in [-0.2, -0.15) is 0 Å². The van der Waals surface area contributed by atoms with Gasteiger partial charge in [0, 0.05) is 11.4 Å². The Bertz CT molecular complexity index is 2020. The van der Waals surface area contributed by atoms with Crippen molar-refractivity contribution in [3.8, 4) is 34.1 Å². The number of carbonyl (C=O) groups is 2. The Morgan fingerprint density at radius 3 is 1.28 bits per heavy atom. The maximum atomic E-state index is 11.8. The van der Waals surface area contributed by atoms with Gasteiger partial charge in [-0.1, -0.05) is 72.8 Å². The van der Waals surface area contributed by atoms with Gasteiger partial charge in [0.2, 0.25) is 0 Å². The van der Waals surface area contributed by atoms with E-state index in [0.717, 1.165) is 33.4 Å². The van der Waals surface area contributed by atoms with Crippen molar-refractivity contribution >= 4 is 23.3 Å². The fourth-order valence-corrected chi connectivity index (χ4v) is 6.43. The molecule has 8 nitrogen and oxygen atoms in total. The fourth-order valence-electron chi connectivity index (χ4n) is 6.43. The van der Waals surface area contributed by atoms with Crippen LogP contribution in [0.1, 0.15) is 43.0 Å². The first-order valence-corrected chi connectivity index (χ1v) is 14.8. The molecule has 1 aliphatic rings. The predicted octanol–water partition coefficient (Wildman–Crippen LogP) is 8.20. The Kier molecular flexibility index (Phi) is 7.10. The van der Waals surface area contributed by atoms with Crippen molar-refractivity contribution in [1.82, 2.24) is 0 Å². The van der Waals surface area contributed by atoms with Crippen molar-refractivity contribution in [3.05, 3.63) is 167 Å². The van der Waals surface area contributed by atoms with Crippen LogP contribution in [-0.2, 0) is 5.41 Å². The molecule has 230 valence electrons. The summed E-state index contributed by atoms with van der Waals surface area (Å²) in [6, 6.07) is 40.9. The largest absolute Gasteiger partial charge is 0.478 e. The number of hydrogen-bond acceptors (Lipinski definition) is 6. The van der Waals surface area contributed by atoms with Gasteiger partial charge in [-0.15, -0.1) is 0 Å². The van der Waals surface area contributed by atoms with Crippen LogP contribution in [0, 0.1) is 0 Å². The van der Waals surface area contributed by atoms with Crippen LogP contribution >= 0.6 is 0 Å². The number of carboxylic acid groups (broad SMARTS) is 2. The molecule has 0 fully saturated rings. The molecule has 0 aromatic heterocycles. The molecule has 0 atom stereocenters. The summed E-state index contributed by atoms with van der Waals surface area (Å²) in [6.45, 7) is 0. The first-order chi connectivity index (χ1) is 22.8. The summed E-state index contributed by atoms with van der Waals surface area (Å²) in [5.41, 5.74) is 17.9. The lowest BCUT2D eigenvalue weighted by molar-refractivity contribution is 0.0683. The van der Waals surface area contributed by atoms with E-state index >= 15 is 0 Å². The average molecular weight is 621 g/mol. The third-order valence-electron chi connectivity index (χ3n) is 8.45. The van der Waals surface area contributed by atoms with E-state index in [1.54, 1.807) is 24.3 Å². The predicted molar refractivity (Wildman–Crippen MR) is 180 cm³/mol. The minimum Gasteiger partial charge on any atom is -0.478 e. The second kappa shape index (κ2) is 11.4. The average Bonchev–Trinajstić information content (AvgIpc) is 3.38. The number of aromatic carboxylic acids is 2. The molecule has 0 bridgehead atoms. The molecule has 0 heterocycles. The zero-order valence-corrected chi connectivity index (χ0v) is 24.9. The van der Waals surface area contributed by atoms with Crippen LogP contribution in [0.2, 0.25) is 0 Å². The normalized spacial score (nSPS) is 12.5. The lowest BCUT2D eigenvalue weighted by atomic mass is 9.68. The molecule has 47 heavy (non-hydrogen) atoms. The van der Waals surface area contributed by atoms with Crippen LogP contribution in [0.3, 0.4) is 0 Å². The summed E-state index contributed by atoms with van der Waals surface area (Å²) in [5, 5.41) is 19.4. The maximum Gasteiger partial charge on any atom is 0.339 e. The smallest absolute Gasteiger partial charge is 0.339 e. The van der Waals surface area contributed by atoms with Gasteiger partial charge in [0.15, 0.2) is 0 Å². The number of benzene rings is 6. The summed E-state index contributed by atoms with van der Waals surface area (Å²) < 4.78 is 12.0. The van der Waals surface area contributed by atoms with E-state index in [-0.39, 0.29) is 22.6 Å². The van der Waals surface area contributed by atoms with Crippen molar-refractivity contribution in [2.24, 2.45) is 0 Å². The first-order valence-electron chi connectivity index (χ1n) is 14.8. The molecule has 0 spiro atoms. The zero-order valence-electron chi connectivity index (χ0n) is 24.9. The van der Waals surface area contributed by atoms with E-state index in [9.17, 15) is 19.8 Å². The van der Waals surface area contributed by atoms with Crippen LogP contribution in [0.4, 0.5) is 11.4 Å².